The van der Waals surface area contributed by atoms with E-state index in [1.807, 2.05) is 6.92 Å². The molecule has 22 heavy (non-hydrogen) atoms. The van der Waals surface area contributed by atoms with Crippen LogP contribution in [0.4, 0.5) is 0 Å². The molecule has 3 aromatic heterocycles. The van der Waals surface area contributed by atoms with Crippen LogP contribution in [0, 0.1) is 13.8 Å². The summed E-state index contributed by atoms with van der Waals surface area (Å²) in [6.07, 6.45) is 3.18. The Morgan fingerprint density at radius 2 is 2.05 bits per heavy atom. The molecular weight excluding hydrogens is 286 g/mol. The predicted molar refractivity (Wildman–Crippen MR) is 75.3 cm³/mol. The SMILES string of the molecule is Cc1noc(C)c1Cn1nnc(C(=O)O)c1-c1ccncc1. The van der Waals surface area contributed by atoms with E-state index in [4.69, 9.17) is 4.52 Å². The van der Waals surface area contributed by atoms with Crippen molar-refractivity contribution in [1.29, 1.82) is 0 Å². The van der Waals surface area contributed by atoms with Crippen molar-refractivity contribution in [2.24, 2.45) is 0 Å². The summed E-state index contributed by atoms with van der Waals surface area (Å²) in [5.41, 5.74) is 2.61. The second-order valence-electron chi connectivity index (χ2n) is 4.79. The zero-order chi connectivity index (χ0) is 15.7. The third kappa shape index (κ3) is 2.34. The molecule has 112 valence electrons. The number of carboxylic acids is 1. The summed E-state index contributed by atoms with van der Waals surface area (Å²) in [4.78, 5) is 15.3. The number of pyridine rings is 1. The molecule has 3 aromatic rings. The van der Waals surface area contributed by atoms with Gasteiger partial charge >= 0.3 is 5.97 Å². The van der Waals surface area contributed by atoms with Gasteiger partial charge < -0.3 is 9.63 Å². The van der Waals surface area contributed by atoms with Gasteiger partial charge in [0.15, 0.2) is 5.69 Å². The van der Waals surface area contributed by atoms with E-state index >= 15 is 0 Å². The van der Waals surface area contributed by atoms with Gasteiger partial charge in [-0.15, -0.1) is 5.10 Å². The summed E-state index contributed by atoms with van der Waals surface area (Å²) in [5, 5.41) is 20.9. The largest absolute Gasteiger partial charge is 0.476 e. The maximum atomic E-state index is 11.4. The smallest absolute Gasteiger partial charge is 0.358 e. The summed E-state index contributed by atoms with van der Waals surface area (Å²) < 4.78 is 6.66. The Labute approximate surface area is 125 Å². The van der Waals surface area contributed by atoms with Gasteiger partial charge in [-0.05, 0) is 26.0 Å². The molecule has 8 nitrogen and oxygen atoms in total. The number of hydrogen-bond acceptors (Lipinski definition) is 6. The highest BCUT2D eigenvalue weighted by molar-refractivity contribution is 5.92. The van der Waals surface area contributed by atoms with E-state index in [1.165, 1.54) is 4.68 Å². The van der Waals surface area contributed by atoms with Crippen LogP contribution in [-0.4, -0.2) is 36.2 Å². The quantitative estimate of drug-likeness (QED) is 0.781. The van der Waals surface area contributed by atoms with Gasteiger partial charge in [0.2, 0.25) is 0 Å². The van der Waals surface area contributed by atoms with Gasteiger partial charge in [-0.2, -0.15) is 0 Å². The maximum absolute atomic E-state index is 11.4. The molecule has 0 aliphatic rings. The Bertz CT molecular complexity index is 803. The number of rotatable bonds is 4. The fraction of sp³-hybridized carbons (Fsp3) is 0.214. The topological polar surface area (TPSA) is 107 Å². The lowest BCUT2D eigenvalue weighted by molar-refractivity contribution is 0.0691. The molecule has 0 aliphatic carbocycles. The van der Waals surface area contributed by atoms with Crippen molar-refractivity contribution < 1.29 is 14.4 Å². The number of carboxylic acid groups (broad SMARTS) is 1. The molecule has 0 bridgehead atoms. The Balaban J connectivity index is 2.11. The van der Waals surface area contributed by atoms with Crippen LogP contribution in [0.3, 0.4) is 0 Å². The average molecular weight is 299 g/mol. The van der Waals surface area contributed by atoms with E-state index in [-0.39, 0.29) is 5.69 Å². The lowest BCUT2D eigenvalue weighted by Crippen LogP contribution is -2.07. The molecule has 0 radical (unpaired) electrons. The summed E-state index contributed by atoms with van der Waals surface area (Å²) >= 11 is 0. The van der Waals surface area contributed by atoms with E-state index in [9.17, 15) is 9.90 Å². The summed E-state index contributed by atoms with van der Waals surface area (Å²) in [5.74, 6) is -0.456. The Kier molecular flexibility index (Phi) is 3.42. The van der Waals surface area contributed by atoms with Crippen molar-refractivity contribution in [2.75, 3.05) is 0 Å². The van der Waals surface area contributed by atoms with Crippen LogP contribution in [0.5, 0.6) is 0 Å². The Hall–Kier alpha value is -3.03. The van der Waals surface area contributed by atoms with Crippen LogP contribution in [0.15, 0.2) is 29.0 Å². The molecular formula is C14H13N5O3. The molecule has 1 N–H and O–H groups in total. The molecule has 0 amide bonds. The van der Waals surface area contributed by atoms with Crippen molar-refractivity contribution in [2.45, 2.75) is 20.4 Å². The monoisotopic (exact) mass is 299 g/mol. The van der Waals surface area contributed by atoms with Gasteiger partial charge in [-0.1, -0.05) is 10.4 Å². The number of aromatic nitrogens is 5. The lowest BCUT2D eigenvalue weighted by Gasteiger charge is -2.07. The number of aryl methyl sites for hydroxylation is 2. The molecule has 0 atom stereocenters. The molecule has 0 saturated heterocycles. The van der Waals surface area contributed by atoms with Gasteiger partial charge in [0, 0.05) is 23.5 Å². The number of carbonyl (C=O) groups is 1. The van der Waals surface area contributed by atoms with Crippen LogP contribution in [0.2, 0.25) is 0 Å². The molecule has 0 unspecified atom stereocenters. The zero-order valence-corrected chi connectivity index (χ0v) is 12.0. The number of hydrogen-bond donors (Lipinski definition) is 1. The Morgan fingerprint density at radius 3 is 2.64 bits per heavy atom. The second-order valence-corrected chi connectivity index (χ2v) is 4.79. The third-order valence-electron chi connectivity index (χ3n) is 3.38. The molecule has 3 rings (SSSR count). The minimum Gasteiger partial charge on any atom is -0.476 e. The van der Waals surface area contributed by atoms with E-state index < -0.39 is 5.97 Å². The van der Waals surface area contributed by atoms with Crippen molar-refractivity contribution in [1.82, 2.24) is 25.1 Å². The molecule has 0 spiro atoms. The summed E-state index contributed by atoms with van der Waals surface area (Å²) in [7, 11) is 0. The van der Waals surface area contributed by atoms with Gasteiger partial charge in [0.1, 0.15) is 11.5 Å². The van der Waals surface area contributed by atoms with Crippen molar-refractivity contribution >= 4 is 5.97 Å². The highest BCUT2D eigenvalue weighted by Gasteiger charge is 2.22. The average Bonchev–Trinajstić information content (AvgIpc) is 3.07. The van der Waals surface area contributed by atoms with Crippen molar-refractivity contribution in [3.63, 3.8) is 0 Å². The summed E-state index contributed by atoms with van der Waals surface area (Å²) in [6, 6.07) is 3.43. The minimum absolute atomic E-state index is 0.0991. The zero-order valence-electron chi connectivity index (χ0n) is 12.0. The number of nitrogens with zero attached hydrogens (tertiary/aromatic N) is 5. The van der Waals surface area contributed by atoms with E-state index in [1.54, 1.807) is 31.5 Å². The van der Waals surface area contributed by atoms with E-state index in [2.05, 4.69) is 20.5 Å². The fourth-order valence-electron chi connectivity index (χ4n) is 2.24. The van der Waals surface area contributed by atoms with Crippen molar-refractivity contribution in [3.8, 4) is 11.3 Å². The first-order valence-electron chi connectivity index (χ1n) is 6.57. The standard InChI is InChI=1S/C14H13N5O3/c1-8-11(9(2)22-17-8)7-19-13(10-3-5-15-6-4-10)12(14(20)21)16-18-19/h3-6H,7H2,1-2H3,(H,20,21). The fourth-order valence-corrected chi connectivity index (χ4v) is 2.24. The molecule has 0 aromatic carbocycles. The van der Waals surface area contributed by atoms with E-state index in [0.717, 1.165) is 11.3 Å². The van der Waals surface area contributed by atoms with Crippen molar-refractivity contribution in [3.05, 3.63) is 47.2 Å². The molecule has 0 aliphatic heterocycles. The maximum Gasteiger partial charge on any atom is 0.358 e. The lowest BCUT2D eigenvalue weighted by atomic mass is 10.1. The number of aromatic carboxylic acids is 1. The minimum atomic E-state index is -1.13. The van der Waals surface area contributed by atoms with Crippen LogP contribution in [0.25, 0.3) is 11.3 Å². The van der Waals surface area contributed by atoms with Gasteiger partial charge in [-0.3, -0.25) is 4.98 Å². The molecule has 0 saturated carbocycles. The molecule has 0 fully saturated rings. The Morgan fingerprint density at radius 1 is 1.32 bits per heavy atom. The van der Waals surface area contributed by atoms with E-state index in [0.29, 0.717) is 23.6 Å². The summed E-state index contributed by atoms with van der Waals surface area (Å²) in [6.45, 7) is 3.96. The van der Waals surface area contributed by atoms with Crippen LogP contribution in [-0.2, 0) is 6.54 Å². The highest BCUT2D eigenvalue weighted by atomic mass is 16.5. The molecule has 3 heterocycles. The van der Waals surface area contributed by atoms with Crippen LogP contribution in [0.1, 0.15) is 27.5 Å². The van der Waals surface area contributed by atoms with Gasteiger partial charge in [0.25, 0.3) is 0 Å². The van der Waals surface area contributed by atoms with Gasteiger partial charge in [0.05, 0.1) is 12.2 Å². The van der Waals surface area contributed by atoms with Crippen LogP contribution >= 0.6 is 0 Å². The highest BCUT2D eigenvalue weighted by Crippen LogP contribution is 2.24. The second kappa shape index (κ2) is 5.40. The predicted octanol–water partition coefficient (Wildman–Crippen LogP) is 1.69. The van der Waals surface area contributed by atoms with Crippen LogP contribution < -0.4 is 0 Å². The first-order valence-corrected chi connectivity index (χ1v) is 6.57. The normalized spacial score (nSPS) is 10.8. The first kappa shape index (κ1) is 13.9. The van der Waals surface area contributed by atoms with Gasteiger partial charge in [-0.25, -0.2) is 9.48 Å². The third-order valence-corrected chi connectivity index (χ3v) is 3.38. The first-order chi connectivity index (χ1) is 10.6. The molecule has 8 heteroatoms.